The molecule has 0 amide bonds. The van der Waals surface area contributed by atoms with E-state index in [1.165, 1.54) is 6.07 Å². The minimum Gasteiger partial charge on any atom is -0.380 e. The van der Waals surface area contributed by atoms with Gasteiger partial charge in [-0.15, -0.1) is 0 Å². The molecule has 0 fully saturated rings. The Hall–Kier alpha value is -1.72. The lowest BCUT2D eigenvalue weighted by Crippen LogP contribution is -2.25. The standard InChI is InChI=1S/C16H19ClN2O2S/c1-16(2,3)18-12-8-10-13(11-9-12)19-22(20,21)15-7-5-4-6-14(15)17/h4-11,18-19H,1-3H3. The predicted molar refractivity (Wildman–Crippen MR) is 92.1 cm³/mol. The number of nitrogens with one attached hydrogen (secondary N) is 2. The lowest BCUT2D eigenvalue weighted by Gasteiger charge is -2.22. The molecule has 118 valence electrons. The summed E-state index contributed by atoms with van der Waals surface area (Å²) in [6, 6.07) is 13.4. The Balaban J connectivity index is 2.19. The van der Waals surface area contributed by atoms with E-state index in [0.29, 0.717) is 5.69 Å². The maximum Gasteiger partial charge on any atom is 0.263 e. The third-order valence-electron chi connectivity index (χ3n) is 2.78. The number of anilines is 2. The minimum atomic E-state index is -3.69. The van der Waals surface area contributed by atoms with E-state index in [0.717, 1.165) is 5.69 Å². The molecule has 2 rings (SSSR count). The molecule has 6 heteroatoms. The van der Waals surface area contributed by atoms with E-state index in [-0.39, 0.29) is 15.5 Å². The molecule has 2 aromatic carbocycles. The highest BCUT2D eigenvalue weighted by molar-refractivity contribution is 7.92. The Bertz CT molecular complexity index is 750. The number of sulfonamides is 1. The second kappa shape index (κ2) is 6.18. The minimum absolute atomic E-state index is 0.0570. The number of hydrogen-bond donors (Lipinski definition) is 2. The fourth-order valence-electron chi connectivity index (χ4n) is 1.93. The molecule has 0 spiro atoms. The van der Waals surface area contributed by atoms with Crippen molar-refractivity contribution in [3.05, 3.63) is 53.6 Å². The first kappa shape index (κ1) is 16.6. The molecule has 0 atom stereocenters. The molecule has 0 heterocycles. The molecule has 0 saturated heterocycles. The van der Waals surface area contributed by atoms with Crippen LogP contribution in [0.5, 0.6) is 0 Å². The summed E-state index contributed by atoms with van der Waals surface area (Å²) in [6.07, 6.45) is 0. The normalized spacial score (nSPS) is 12.0. The molecule has 0 radical (unpaired) electrons. The highest BCUT2D eigenvalue weighted by atomic mass is 35.5. The second-order valence-electron chi connectivity index (χ2n) is 5.99. The Morgan fingerprint density at radius 2 is 1.45 bits per heavy atom. The van der Waals surface area contributed by atoms with Crippen molar-refractivity contribution in [1.29, 1.82) is 0 Å². The van der Waals surface area contributed by atoms with Gasteiger partial charge in [0.1, 0.15) is 4.90 Å². The van der Waals surface area contributed by atoms with Gasteiger partial charge in [0.25, 0.3) is 10.0 Å². The van der Waals surface area contributed by atoms with Gasteiger partial charge in [-0.1, -0.05) is 23.7 Å². The van der Waals surface area contributed by atoms with E-state index in [1.807, 2.05) is 12.1 Å². The highest BCUT2D eigenvalue weighted by Gasteiger charge is 2.17. The first-order chi connectivity index (χ1) is 10.2. The van der Waals surface area contributed by atoms with Crippen LogP contribution in [0.2, 0.25) is 5.02 Å². The topological polar surface area (TPSA) is 58.2 Å². The van der Waals surface area contributed by atoms with Gasteiger partial charge in [-0.3, -0.25) is 4.72 Å². The summed E-state index contributed by atoms with van der Waals surface area (Å²) in [6.45, 7) is 6.17. The van der Waals surface area contributed by atoms with Crippen LogP contribution < -0.4 is 10.0 Å². The number of benzene rings is 2. The Kier molecular flexibility index (Phi) is 4.68. The van der Waals surface area contributed by atoms with Crippen LogP contribution in [-0.2, 0) is 10.0 Å². The molecule has 0 saturated carbocycles. The van der Waals surface area contributed by atoms with Crippen molar-refractivity contribution in [3.63, 3.8) is 0 Å². The lowest BCUT2D eigenvalue weighted by molar-refractivity contribution is 0.601. The zero-order chi connectivity index (χ0) is 16.4. The predicted octanol–water partition coefficient (Wildman–Crippen LogP) is 4.35. The van der Waals surface area contributed by atoms with Gasteiger partial charge in [-0.25, -0.2) is 8.42 Å². The Labute approximate surface area is 136 Å². The highest BCUT2D eigenvalue weighted by Crippen LogP contribution is 2.24. The monoisotopic (exact) mass is 338 g/mol. The molecule has 0 aliphatic heterocycles. The lowest BCUT2D eigenvalue weighted by atomic mass is 10.1. The largest absolute Gasteiger partial charge is 0.380 e. The zero-order valence-corrected chi connectivity index (χ0v) is 14.3. The van der Waals surface area contributed by atoms with E-state index in [1.54, 1.807) is 30.3 Å². The summed E-state index contributed by atoms with van der Waals surface area (Å²) < 4.78 is 27.2. The van der Waals surface area contributed by atoms with Crippen LogP contribution in [0, 0.1) is 0 Å². The van der Waals surface area contributed by atoms with Crippen molar-refractivity contribution in [1.82, 2.24) is 0 Å². The Morgan fingerprint density at radius 3 is 2.00 bits per heavy atom. The van der Waals surface area contributed by atoms with Crippen LogP contribution in [-0.4, -0.2) is 14.0 Å². The number of halogens is 1. The van der Waals surface area contributed by atoms with E-state index in [2.05, 4.69) is 30.8 Å². The molecule has 22 heavy (non-hydrogen) atoms. The molecule has 0 aromatic heterocycles. The molecular weight excluding hydrogens is 320 g/mol. The second-order valence-corrected chi connectivity index (χ2v) is 8.05. The zero-order valence-electron chi connectivity index (χ0n) is 12.7. The van der Waals surface area contributed by atoms with Crippen LogP contribution in [0.4, 0.5) is 11.4 Å². The van der Waals surface area contributed by atoms with Gasteiger partial charge in [0.2, 0.25) is 0 Å². The number of rotatable bonds is 4. The van der Waals surface area contributed by atoms with Crippen LogP contribution in [0.3, 0.4) is 0 Å². The third kappa shape index (κ3) is 4.39. The quantitative estimate of drug-likeness (QED) is 0.871. The van der Waals surface area contributed by atoms with Gasteiger partial charge in [0, 0.05) is 16.9 Å². The van der Waals surface area contributed by atoms with Crippen molar-refractivity contribution < 1.29 is 8.42 Å². The fraction of sp³-hybridized carbons (Fsp3) is 0.250. The average molecular weight is 339 g/mol. The first-order valence-corrected chi connectivity index (χ1v) is 8.69. The van der Waals surface area contributed by atoms with Crippen LogP contribution in [0.15, 0.2) is 53.4 Å². The molecule has 0 aliphatic rings. The van der Waals surface area contributed by atoms with Crippen molar-refractivity contribution in [3.8, 4) is 0 Å². The summed E-state index contributed by atoms with van der Waals surface area (Å²) in [5, 5.41) is 3.51. The van der Waals surface area contributed by atoms with Crippen molar-refractivity contribution in [2.45, 2.75) is 31.2 Å². The molecule has 2 N–H and O–H groups in total. The van der Waals surface area contributed by atoms with E-state index >= 15 is 0 Å². The van der Waals surface area contributed by atoms with Crippen LogP contribution in [0.1, 0.15) is 20.8 Å². The summed E-state index contributed by atoms with van der Waals surface area (Å²) >= 11 is 5.94. The Morgan fingerprint density at radius 1 is 0.909 bits per heavy atom. The molecule has 2 aromatic rings. The summed E-state index contributed by atoms with van der Waals surface area (Å²) in [7, 11) is -3.69. The molecule has 0 aliphatic carbocycles. The van der Waals surface area contributed by atoms with Crippen LogP contribution >= 0.6 is 11.6 Å². The fourth-order valence-corrected chi connectivity index (χ4v) is 3.51. The summed E-state index contributed by atoms with van der Waals surface area (Å²) in [4.78, 5) is 0.0635. The van der Waals surface area contributed by atoms with Crippen LogP contribution in [0.25, 0.3) is 0 Å². The van der Waals surface area contributed by atoms with Crippen molar-refractivity contribution >= 4 is 33.0 Å². The summed E-state index contributed by atoms with van der Waals surface area (Å²) in [5.74, 6) is 0. The van der Waals surface area contributed by atoms with Crippen molar-refractivity contribution in [2.24, 2.45) is 0 Å². The van der Waals surface area contributed by atoms with Gasteiger partial charge in [-0.05, 0) is 57.2 Å². The van der Waals surface area contributed by atoms with Gasteiger partial charge in [0.15, 0.2) is 0 Å². The maximum atomic E-state index is 12.3. The van der Waals surface area contributed by atoms with E-state index in [9.17, 15) is 8.42 Å². The van der Waals surface area contributed by atoms with Crippen molar-refractivity contribution in [2.75, 3.05) is 10.0 Å². The maximum absolute atomic E-state index is 12.3. The SMILES string of the molecule is CC(C)(C)Nc1ccc(NS(=O)(=O)c2ccccc2Cl)cc1. The van der Waals surface area contributed by atoms with E-state index in [4.69, 9.17) is 11.6 Å². The molecule has 4 nitrogen and oxygen atoms in total. The smallest absolute Gasteiger partial charge is 0.263 e. The number of hydrogen-bond acceptors (Lipinski definition) is 3. The average Bonchev–Trinajstić information content (AvgIpc) is 2.39. The summed E-state index contributed by atoms with van der Waals surface area (Å²) in [5.41, 5.74) is 1.35. The first-order valence-electron chi connectivity index (χ1n) is 6.83. The van der Waals surface area contributed by atoms with Gasteiger partial charge < -0.3 is 5.32 Å². The van der Waals surface area contributed by atoms with Gasteiger partial charge >= 0.3 is 0 Å². The molecule has 0 bridgehead atoms. The molecular formula is C16H19ClN2O2S. The molecule has 0 unspecified atom stereocenters. The van der Waals surface area contributed by atoms with Gasteiger partial charge in [-0.2, -0.15) is 0 Å². The third-order valence-corrected chi connectivity index (χ3v) is 4.66. The van der Waals surface area contributed by atoms with Gasteiger partial charge in [0.05, 0.1) is 5.02 Å². The van der Waals surface area contributed by atoms with E-state index < -0.39 is 10.0 Å².